The van der Waals surface area contributed by atoms with Crippen molar-refractivity contribution in [1.29, 1.82) is 0 Å². The van der Waals surface area contributed by atoms with E-state index in [9.17, 15) is 4.79 Å². The van der Waals surface area contributed by atoms with Crippen LogP contribution in [-0.2, 0) is 13.1 Å². The van der Waals surface area contributed by atoms with Gasteiger partial charge in [-0.25, -0.2) is 4.68 Å². The molecule has 7 heteroatoms. The summed E-state index contributed by atoms with van der Waals surface area (Å²) in [6.07, 6.45) is 7.50. The highest BCUT2D eigenvalue weighted by Gasteiger charge is 2.23. The maximum atomic E-state index is 12.2. The summed E-state index contributed by atoms with van der Waals surface area (Å²) in [7, 11) is 0. The third-order valence-electron chi connectivity index (χ3n) is 3.41. The lowest BCUT2D eigenvalue weighted by molar-refractivity contribution is 0.532. The zero-order valence-corrected chi connectivity index (χ0v) is 13.3. The van der Waals surface area contributed by atoms with Gasteiger partial charge in [0, 0.05) is 12.7 Å². The zero-order chi connectivity index (χ0) is 14.8. The van der Waals surface area contributed by atoms with E-state index in [-0.39, 0.29) is 5.56 Å². The number of hydrogen-bond acceptors (Lipinski definition) is 5. The molecule has 0 atom stereocenters. The van der Waals surface area contributed by atoms with Gasteiger partial charge in [0.15, 0.2) is 0 Å². The van der Waals surface area contributed by atoms with Crippen LogP contribution in [0.5, 0.6) is 0 Å². The Morgan fingerprint density at radius 2 is 2.14 bits per heavy atom. The van der Waals surface area contributed by atoms with Crippen LogP contribution in [0.1, 0.15) is 24.2 Å². The molecule has 0 saturated heterocycles. The number of nitrogens with zero attached hydrogens (tertiary/aromatic N) is 4. The summed E-state index contributed by atoms with van der Waals surface area (Å²) in [5.41, 5.74) is 2.27. The van der Waals surface area contributed by atoms with Crippen molar-refractivity contribution in [3.63, 3.8) is 0 Å². The molecule has 21 heavy (non-hydrogen) atoms. The molecule has 0 unspecified atom stereocenters. The first-order chi connectivity index (χ1) is 10.1. The van der Waals surface area contributed by atoms with Gasteiger partial charge in [-0.3, -0.25) is 14.8 Å². The van der Waals surface area contributed by atoms with E-state index in [2.05, 4.69) is 36.3 Å². The van der Waals surface area contributed by atoms with E-state index in [0.29, 0.717) is 29.2 Å². The highest BCUT2D eigenvalue weighted by molar-refractivity contribution is 9.10. The van der Waals surface area contributed by atoms with Gasteiger partial charge in [-0.15, -0.1) is 0 Å². The molecular weight excluding hydrogens is 334 g/mol. The van der Waals surface area contributed by atoms with Gasteiger partial charge in [-0.1, -0.05) is 0 Å². The van der Waals surface area contributed by atoms with Gasteiger partial charge in [-0.2, -0.15) is 5.10 Å². The molecule has 2 aromatic heterocycles. The maximum absolute atomic E-state index is 12.2. The normalized spacial score (nSPS) is 14.2. The fourth-order valence-corrected chi connectivity index (χ4v) is 2.41. The second-order valence-electron chi connectivity index (χ2n) is 5.31. The Bertz CT molecular complexity index is 694. The van der Waals surface area contributed by atoms with Crippen molar-refractivity contribution in [2.45, 2.75) is 32.9 Å². The number of anilines is 1. The Balaban J connectivity index is 1.71. The molecule has 1 aliphatic rings. The van der Waals surface area contributed by atoms with Gasteiger partial charge in [0.05, 0.1) is 36.0 Å². The quantitative estimate of drug-likeness (QED) is 0.894. The molecule has 0 bridgehead atoms. The summed E-state index contributed by atoms with van der Waals surface area (Å²) < 4.78 is 2.04. The largest absolute Gasteiger partial charge is 0.377 e. The number of aryl methyl sites for hydroxylation is 1. The second-order valence-corrected chi connectivity index (χ2v) is 6.10. The fraction of sp³-hybridized carbons (Fsp3) is 0.429. The van der Waals surface area contributed by atoms with Crippen LogP contribution in [0.25, 0.3) is 0 Å². The molecule has 0 spiro atoms. The van der Waals surface area contributed by atoms with Crippen LogP contribution >= 0.6 is 15.9 Å². The van der Waals surface area contributed by atoms with Crippen molar-refractivity contribution in [1.82, 2.24) is 19.7 Å². The zero-order valence-electron chi connectivity index (χ0n) is 11.7. The van der Waals surface area contributed by atoms with Gasteiger partial charge in [-0.05, 0) is 41.6 Å². The third kappa shape index (κ3) is 3.47. The van der Waals surface area contributed by atoms with Crippen LogP contribution in [-0.4, -0.2) is 19.7 Å². The van der Waals surface area contributed by atoms with Gasteiger partial charge < -0.3 is 5.32 Å². The van der Waals surface area contributed by atoms with Crippen LogP contribution in [0, 0.1) is 12.8 Å². The fourth-order valence-electron chi connectivity index (χ4n) is 1.96. The molecule has 0 amide bonds. The Morgan fingerprint density at radius 3 is 2.81 bits per heavy atom. The lowest BCUT2D eigenvalue weighted by Gasteiger charge is -2.10. The van der Waals surface area contributed by atoms with Crippen LogP contribution in [0.15, 0.2) is 27.9 Å². The Hall–Kier alpha value is -1.76. The summed E-state index contributed by atoms with van der Waals surface area (Å²) in [6.45, 7) is 3.10. The number of hydrogen-bond donors (Lipinski definition) is 1. The standard InChI is InChI=1S/C14H16BrN5O/c1-9-4-17-11(5-16-9)6-18-12-7-19-20(8-10-2-3-10)14(21)13(12)15/h4-5,7,10,18H,2-3,6,8H2,1H3. The van der Waals surface area contributed by atoms with Crippen LogP contribution in [0.2, 0.25) is 0 Å². The minimum Gasteiger partial charge on any atom is -0.377 e. The Morgan fingerprint density at radius 1 is 1.33 bits per heavy atom. The molecule has 110 valence electrons. The first-order valence-corrected chi connectivity index (χ1v) is 7.70. The summed E-state index contributed by atoms with van der Waals surface area (Å²) in [5, 5.41) is 7.38. The van der Waals surface area contributed by atoms with E-state index in [1.54, 1.807) is 18.6 Å². The second kappa shape index (κ2) is 5.93. The van der Waals surface area contributed by atoms with Crippen LogP contribution in [0.3, 0.4) is 0 Å². The van der Waals surface area contributed by atoms with E-state index in [1.807, 2.05) is 6.92 Å². The lowest BCUT2D eigenvalue weighted by Crippen LogP contribution is -2.25. The number of rotatable bonds is 5. The van der Waals surface area contributed by atoms with E-state index < -0.39 is 0 Å². The van der Waals surface area contributed by atoms with E-state index >= 15 is 0 Å². The highest BCUT2D eigenvalue weighted by Crippen LogP contribution is 2.30. The van der Waals surface area contributed by atoms with Crippen molar-refractivity contribution in [3.05, 3.63) is 44.8 Å². The van der Waals surface area contributed by atoms with E-state index in [1.165, 1.54) is 17.5 Å². The SMILES string of the molecule is Cc1cnc(CNc2cnn(CC3CC3)c(=O)c2Br)cn1. The van der Waals surface area contributed by atoms with E-state index in [4.69, 9.17) is 0 Å². The topological polar surface area (TPSA) is 72.7 Å². The minimum atomic E-state index is -0.0955. The van der Waals surface area contributed by atoms with Crippen molar-refractivity contribution in [2.75, 3.05) is 5.32 Å². The van der Waals surface area contributed by atoms with Gasteiger partial charge in [0.2, 0.25) is 0 Å². The van der Waals surface area contributed by atoms with Gasteiger partial charge in [0.25, 0.3) is 5.56 Å². The molecule has 0 radical (unpaired) electrons. The summed E-state index contributed by atoms with van der Waals surface area (Å²) >= 11 is 3.35. The average Bonchev–Trinajstić information content (AvgIpc) is 3.29. The minimum absolute atomic E-state index is 0.0955. The first-order valence-electron chi connectivity index (χ1n) is 6.90. The molecular formula is C14H16BrN5O. The number of nitrogens with one attached hydrogen (secondary N) is 1. The molecule has 1 saturated carbocycles. The molecule has 2 aromatic rings. The number of halogens is 1. The van der Waals surface area contributed by atoms with Crippen LogP contribution < -0.4 is 10.9 Å². The smallest absolute Gasteiger partial charge is 0.283 e. The van der Waals surface area contributed by atoms with E-state index in [0.717, 1.165) is 11.4 Å². The Labute approximate surface area is 130 Å². The van der Waals surface area contributed by atoms with Crippen molar-refractivity contribution < 1.29 is 0 Å². The first kappa shape index (κ1) is 14.2. The van der Waals surface area contributed by atoms with Crippen molar-refractivity contribution in [3.8, 4) is 0 Å². The molecule has 6 nitrogen and oxygen atoms in total. The molecule has 1 fully saturated rings. The summed E-state index contributed by atoms with van der Waals surface area (Å²) in [5.74, 6) is 0.615. The molecule has 0 aromatic carbocycles. The predicted molar refractivity (Wildman–Crippen MR) is 83.0 cm³/mol. The summed E-state index contributed by atoms with van der Waals surface area (Å²) in [6, 6.07) is 0. The molecule has 3 rings (SSSR count). The summed E-state index contributed by atoms with van der Waals surface area (Å²) in [4.78, 5) is 20.7. The highest BCUT2D eigenvalue weighted by atomic mass is 79.9. The van der Waals surface area contributed by atoms with Gasteiger partial charge in [0.1, 0.15) is 4.47 Å². The molecule has 1 aliphatic carbocycles. The molecule has 1 N–H and O–H groups in total. The lowest BCUT2D eigenvalue weighted by atomic mass is 10.4. The van der Waals surface area contributed by atoms with Crippen molar-refractivity contribution >= 4 is 21.6 Å². The monoisotopic (exact) mass is 349 g/mol. The third-order valence-corrected chi connectivity index (χ3v) is 4.17. The maximum Gasteiger partial charge on any atom is 0.283 e. The average molecular weight is 350 g/mol. The molecule has 0 aliphatic heterocycles. The van der Waals surface area contributed by atoms with Gasteiger partial charge >= 0.3 is 0 Å². The predicted octanol–water partition coefficient (Wildman–Crippen LogP) is 2.13. The number of aromatic nitrogens is 4. The van der Waals surface area contributed by atoms with Crippen molar-refractivity contribution in [2.24, 2.45) is 5.92 Å². The Kier molecular flexibility index (Phi) is 4.01. The van der Waals surface area contributed by atoms with Crippen LogP contribution in [0.4, 0.5) is 5.69 Å². The molecule has 2 heterocycles.